The summed E-state index contributed by atoms with van der Waals surface area (Å²) in [5.41, 5.74) is -1.26. The Morgan fingerprint density at radius 2 is 1.92 bits per heavy atom. The van der Waals surface area contributed by atoms with Crippen molar-refractivity contribution in [2.24, 2.45) is 11.3 Å². The van der Waals surface area contributed by atoms with Crippen molar-refractivity contribution in [3.8, 4) is 17.7 Å². The SMILES string of the molecule is C=C[C@@H]1C[C@]1(NC(=O)[C@@H]1C[C@@H](Oc2ncc(OC)c3ccc(Cl)cc23)CN1C(=O)[C@H](Nc1cccc(C#N)c1)C(C)(C)C)C(=O)NS(=O)(=O)C1CC1. The number of hydrogen-bond donors (Lipinski definition) is 3. The molecule has 2 aliphatic carbocycles. The molecule has 3 aromatic rings. The van der Waals surface area contributed by atoms with E-state index in [9.17, 15) is 28.1 Å². The van der Waals surface area contributed by atoms with Crippen LogP contribution in [-0.2, 0) is 24.4 Å². The highest BCUT2D eigenvalue weighted by Crippen LogP contribution is 2.46. The fraction of sp³-hybridized carbons (Fsp3) is 0.432. The molecule has 3 aliphatic rings. The lowest BCUT2D eigenvalue weighted by Gasteiger charge is -2.36. The van der Waals surface area contributed by atoms with Crippen molar-refractivity contribution in [2.45, 2.75) is 75.4 Å². The third-order valence-corrected chi connectivity index (χ3v) is 11.8. The summed E-state index contributed by atoms with van der Waals surface area (Å²) in [6, 6.07) is 12.1. The summed E-state index contributed by atoms with van der Waals surface area (Å²) in [5, 5.41) is 16.6. The number of halogens is 1. The number of rotatable bonds is 12. The summed E-state index contributed by atoms with van der Waals surface area (Å²) in [4.78, 5) is 48.3. The fourth-order valence-electron chi connectivity index (χ4n) is 6.63. The maximum absolute atomic E-state index is 14.6. The molecule has 52 heavy (non-hydrogen) atoms. The topological polar surface area (TPSA) is 180 Å². The smallest absolute Gasteiger partial charge is 0.259 e. The second-order valence-corrected chi connectivity index (χ2v) is 17.0. The Kier molecular flexibility index (Phi) is 9.89. The molecule has 0 unspecified atom stereocenters. The van der Waals surface area contributed by atoms with Crippen LogP contribution >= 0.6 is 11.6 Å². The number of carbonyl (C=O) groups is 3. The largest absolute Gasteiger partial charge is 0.494 e. The van der Waals surface area contributed by atoms with Gasteiger partial charge in [-0.05, 0) is 61.1 Å². The van der Waals surface area contributed by atoms with Gasteiger partial charge in [0.05, 0.1) is 36.7 Å². The molecule has 3 amide bonds. The van der Waals surface area contributed by atoms with Crippen LogP contribution in [0.25, 0.3) is 10.8 Å². The van der Waals surface area contributed by atoms with Gasteiger partial charge in [-0.3, -0.25) is 19.1 Å². The Bertz CT molecular complexity index is 2090. The number of carbonyl (C=O) groups excluding carboxylic acids is 3. The number of anilines is 1. The van der Waals surface area contributed by atoms with Crippen LogP contribution in [0.5, 0.6) is 11.6 Å². The molecule has 1 saturated heterocycles. The monoisotopic (exact) mass is 748 g/mol. The molecule has 0 radical (unpaired) electrons. The van der Waals surface area contributed by atoms with Crippen molar-refractivity contribution in [3.63, 3.8) is 0 Å². The molecule has 1 aliphatic heterocycles. The third-order valence-electron chi connectivity index (χ3n) is 9.79. The van der Waals surface area contributed by atoms with Crippen molar-refractivity contribution in [2.75, 3.05) is 19.0 Å². The summed E-state index contributed by atoms with van der Waals surface area (Å²) < 4.78 is 39.5. The lowest BCUT2D eigenvalue weighted by atomic mass is 9.85. The van der Waals surface area contributed by atoms with E-state index < -0.39 is 68.1 Å². The molecule has 2 saturated carbocycles. The van der Waals surface area contributed by atoms with Crippen LogP contribution in [-0.4, -0.2) is 78.7 Å². The van der Waals surface area contributed by atoms with Crippen LogP contribution < -0.4 is 24.8 Å². The van der Waals surface area contributed by atoms with Crippen molar-refractivity contribution < 1.29 is 32.3 Å². The zero-order chi connectivity index (χ0) is 37.6. The second-order valence-electron chi connectivity index (χ2n) is 14.6. The number of nitrogens with one attached hydrogen (secondary N) is 3. The van der Waals surface area contributed by atoms with Gasteiger partial charge in [0.1, 0.15) is 29.5 Å². The van der Waals surface area contributed by atoms with Crippen LogP contribution in [0.3, 0.4) is 0 Å². The summed E-state index contributed by atoms with van der Waals surface area (Å²) in [5.74, 6) is -1.67. The first-order valence-corrected chi connectivity index (χ1v) is 18.9. The van der Waals surface area contributed by atoms with Crippen molar-refractivity contribution in [1.82, 2.24) is 19.9 Å². The highest BCUT2D eigenvalue weighted by Gasteiger charge is 2.62. The van der Waals surface area contributed by atoms with Crippen LogP contribution in [0, 0.1) is 22.7 Å². The van der Waals surface area contributed by atoms with Gasteiger partial charge in [0, 0.05) is 33.8 Å². The first-order valence-electron chi connectivity index (χ1n) is 17.0. The number of fused-ring (bicyclic) bond motifs is 1. The van der Waals surface area contributed by atoms with Gasteiger partial charge in [0.2, 0.25) is 27.7 Å². The second kappa shape index (κ2) is 13.9. The number of methoxy groups -OCH3 is 1. The van der Waals surface area contributed by atoms with E-state index in [0.717, 1.165) is 0 Å². The average Bonchev–Trinajstić information content (AvgIpc) is 4.03. The van der Waals surface area contributed by atoms with E-state index in [2.05, 4.69) is 33.0 Å². The molecule has 0 bridgehead atoms. The minimum Gasteiger partial charge on any atom is -0.494 e. The number of nitriles is 1. The van der Waals surface area contributed by atoms with Crippen LogP contribution in [0.4, 0.5) is 5.69 Å². The fourth-order valence-corrected chi connectivity index (χ4v) is 8.17. The molecule has 15 heteroatoms. The van der Waals surface area contributed by atoms with Crippen LogP contribution in [0.2, 0.25) is 5.02 Å². The van der Waals surface area contributed by atoms with E-state index in [1.807, 2.05) is 20.8 Å². The van der Waals surface area contributed by atoms with Gasteiger partial charge in [-0.15, -0.1) is 6.58 Å². The van der Waals surface area contributed by atoms with E-state index in [1.54, 1.807) is 42.5 Å². The molecular weight excluding hydrogens is 708 g/mol. The molecular formula is C37H41ClN6O7S. The van der Waals surface area contributed by atoms with Crippen LogP contribution in [0.15, 0.2) is 61.3 Å². The molecule has 5 atom stereocenters. The zero-order valence-corrected chi connectivity index (χ0v) is 30.9. The van der Waals surface area contributed by atoms with E-state index in [0.29, 0.717) is 45.6 Å². The Labute approximate surface area is 307 Å². The predicted molar refractivity (Wildman–Crippen MR) is 195 cm³/mol. The predicted octanol–water partition coefficient (Wildman–Crippen LogP) is 4.31. The van der Waals surface area contributed by atoms with Gasteiger partial charge in [-0.25, -0.2) is 13.4 Å². The van der Waals surface area contributed by atoms with Crippen molar-refractivity contribution >= 4 is 55.8 Å². The maximum atomic E-state index is 14.6. The summed E-state index contributed by atoms with van der Waals surface area (Å²) in [6.45, 7) is 9.40. The normalized spacial score (nSPS) is 23.2. The molecule has 6 rings (SSSR count). The van der Waals surface area contributed by atoms with E-state index >= 15 is 0 Å². The number of likely N-dealkylation sites (tertiary alicyclic amines) is 1. The Morgan fingerprint density at radius 1 is 1.17 bits per heavy atom. The van der Waals surface area contributed by atoms with E-state index in [4.69, 9.17) is 21.1 Å². The molecule has 1 aromatic heterocycles. The quantitative estimate of drug-likeness (QED) is 0.226. The minimum absolute atomic E-state index is 0.0146. The summed E-state index contributed by atoms with van der Waals surface area (Å²) in [7, 11) is -2.37. The maximum Gasteiger partial charge on any atom is 0.259 e. The number of pyridine rings is 1. The van der Waals surface area contributed by atoms with Gasteiger partial charge in [-0.2, -0.15) is 5.26 Å². The molecule has 3 N–H and O–H groups in total. The van der Waals surface area contributed by atoms with Crippen molar-refractivity contribution in [1.29, 1.82) is 5.26 Å². The van der Waals surface area contributed by atoms with Gasteiger partial charge >= 0.3 is 0 Å². The average molecular weight is 749 g/mol. The number of hydrogen-bond acceptors (Lipinski definition) is 10. The zero-order valence-electron chi connectivity index (χ0n) is 29.3. The van der Waals surface area contributed by atoms with Gasteiger partial charge in [0.25, 0.3) is 5.91 Å². The number of amides is 3. The molecule has 274 valence electrons. The first kappa shape index (κ1) is 36.9. The number of benzene rings is 2. The number of sulfonamides is 1. The van der Waals surface area contributed by atoms with Crippen LogP contribution in [0.1, 0.15) is 52.0 Å². The third kappa shape index (κ3) is 7.38. The highest BCUT2D eigenvalue weighted by molar-refractivity contribution is 7.91. The van der Waals surface area contributed by atoms with Gasteiger partial charge in [-0.1, -0.05) is 44.5 Å². The van der Waals surface area contributed by atoms with E-state index in [1.165, 1.54) is 24.3 Å². The molecule has 2 heterocycles. The van der Waals surface area contributed by atoms with E-state index in [-0.39, 0.29) is 25.3 Å². The molecule has 2 aromatic carbocycles. The number of ether oxygens (including phenoxy) is 2. The van der Waals surface area contributed by atoms with Gasteiger partial charge in [0.15, 0.2) is 0 Å². The molecule has 3 fully saturated rings. The summed E-state index contributed by atoms with van der Waals surface area (Å²) in [6.07, 6.45) is 3.41. The lowest BCUT2D eigenvalue weighted by molar-refractivity contribution is -0.141. The molecule has 0 spiro atoms. The van der Waals surface area contributed by atoms with Crippen molar-refractivity contribution in [3.05, 3.63) is 71.9 Å². The minimum atomic E-state index is -3.90. The summed E-state index contributed by atoms with van der Waals surface area (Å²) >= 11 is 6.34. The Hall–Kier alpha value is -4.87. The Morgan fingerprint density at radius 3 is 2.56 bits per heavy atom. The molecule has 13 nitrogen and oxygen atoms in total. The number of aromatic nitrogens is 1. The first-order chi connectivity index (χ1) is 24.6. The Balaban J connectivity index is 1.32. The highest BCUT2D eigenvalue weighted by atomic mass is 35.5. The standard InChI is InChI=1S/C37H41ClN6O7S/c1-6-22-17-37(22,35(47)43-52(48,49)26-11-12-26)42-32(45)29-16-25(51-33-28-15-23(38)10-13-27(28)30(50-5)19-40-33)20-44(29)34(46)31(36(2,3)4)41-24-9-7-8-21(14-24)18-39/h6-10,13-15,19,22,25-26,29,31,41H,1,11-12,16-17,20H2,2-5H3,(H,42,45)(H,43,47)/t22-,25-,29+,31+,37-/m1/s1. The van der Waals surface area contributed by atoms with Gasteiger partial charge < -0.3 is 25.0 Å². The number of nitrogens with zero attached hydrogens (tertiary/aromatic N) is 3. The lowest BCUT2D eigenvalue weighted by Crippen LogP contribution is -2.58.